The number of hydrogen-bond acceptors (Lipinski definition) is 5. The van der Waals surface area contributed by atoms with Gasteiger partial charge in [-0.15, -0.1) is 0 Å². The molecule has 4 rings (SSSR count). The summed E-state index contributed by atoms with van der Waals surface area (Å²) in [6.45, 7) is 7.03. The Bertz CT molecular complexity index is 1010. The van der Waals surface area contributed by atoms with Crippen LogP contribution in [-0.4, -0.2) is 39.9 Å². The van der Waals surface area contributed by atoms with Crippen molar-refractivity contribution in [3.63, 3.8) is 0 Å². The first-order valence-corrected chi connectivity index (χ1v) is 10.7. The molecule has 1 amide bonds. The molecule has 0 spiro atoms. The molecule has 3 aromatic rings. The van der Waals surface area contributed by atoms with Crippen molar-refractivity contribution in [1.29, 1.82) is 0 Å². The largest absolute Gasteiger partial charge is 0.365 e. The predicted octanol–water partition coefficient (Wildman–Crippen LogP) is 4.30. The average molecular weight is 404 g/mol. The van der Waals surface area contributed by atoms with Gasteiger partial charge in [-0.05, 0) is 69.6 Å². The maximum absolute atomic E-state index is 12.7. The maximum Gasteiger partial charge on any atom is 0.227 e. The minimum Gasteiger partial charge on any atom is -0.365 e. The Hall–Kier alpha value is -2.99. The first-order valence-electron chi connectivity index (χ1n) is 10.7. The standard InChI is InChI=1S/C24H29N5O/c1-17(2)29-12-10-19(11-13-29)24(30)28-20-7-5-6-18(14-20)15-25-23-21-8-3-4-9-22(21)26-16-27-23/h3-9,14,16-17,19H,10-13,15H2,1-2H3,(H,28,30)(H,25,26,27). The van der Waals surface area contributed by atoms with Crippen molar-refractivity contribution in [1.82, 2.24) is 14.9 Å². The lowest BCUT2D eigenvalue weighted by atomic mass is 9.95. The van der Waals surface area contributed by atoms with E-state index in [2.05, 4.69) is 39.3 Å². The molecule has 2 heterocycles. The maximum atomic E-state index is 12.7. The molecular weight excluding hydrogens is 374 g/mol. The number of benzene rings is 2. The second-order valence-electron chi connectivity index (χ2n) is 8.19. The molecule has 0 bridgehead atoms. The zero-order valence-corrected chi connectivity index (χ0v) is 17.6. The monoisotopic (exact) mass is 403 g/mol. The van der Waals surface area contributed by atoms with Crippen LogP contribution in [0.4, 0.5) is 11.5 Å². The lowest BCUT2D eigenvalue weighted by Crippen LogP contribution is -2.41. The van der Waals surface area contributed by atoms with Crippen LogP contribution in [0.25, 0.3) is 10.9 Å². The van der Waals surface area contributed by atoms with E-state index in [4.69, 9.17) is 0 Å². The molecule has 2 N–H and O–H groups in total. The summed E-state index contributed by atoms with van der Waals surface area (Å²) in [5.74, 6) is 1.03. The summed E-state index contributed by atoms with van der Waals surface area (Å²) >= 11 is 0. The number of anilines is 2. The van der Waals surface area contributed by atoms with Gasteiger partial charge >= 0.3 is 0 Å². The Labute approximate surface area is 177 Å². The number of piperidine rings is 1. The predicted molar refractivity (Wildman–Crippen MR) is 121 cm³/mol. The fourth-order valence-electron chi connectivity index (χ4n) is 4.01. The lowest BCUT2D eigenvalue weighted by molar-refractivity contribution is -0.121. The van der Waals surface area contributed by atoms with Gasteiger partial charge in [0.15, 0.2) is 0 Å². The van der Waals surface area contributed by atoms with Crippen LogP contribution in [0.2, 0.25) is 0 Å². The molecular formula is C24H29N5O. The van der Waals surface area contributed by atoms with Gasteiger partial charge in [0.25, 0.3) is 0 Å². The zero-order valence-electron chi connectivity index (χ0n) is 17.6. The summed E-state index contributed by atoms with van der Waals surface area (Å²) in [4.78, 5) is 23.8. The van der Waals surface area contributed by atoms with Gasteiger partial charge in [-0.25, -0.2) is 9.97 Å². The van der Waals surface area contributed by atoms with E-state index in [1.165, 1.54) is 0 Å². The zero-order chi connectivity index (χ0) is 20.9. The minimum atomic E-state index is 0.0918. The van der Waals surface area contributed by atoms with E-state index in [1.807, 2.05) is 48.5 Å². The van der Waals surface area contributed by atoms with Crippen molar-refractivity contribution < 1.29 is 4.79 Å². The van der Waals surface area contributed by atoms with Gasteiger partial charge in [0, 0.05) is 29.6 Å². The number of amides is 1. The van der Waals surface area contributed by atoms with Crippen molar-refractivity contribution >= 4 is 28.3 Å². The quantitative estimate of drug-likeness (QED) is 0.642. The highest BCUT2D eigenvalue weighted by Gasteiger charge is 2.26. The van der Waals surface area contributed by atoms with Crippen molar-refractivity contribution in [2.24, 2.45) is 5.92 Å². The fraction of sp³-hybridized carbons (Fsp3) is 0.375. The summed E-state index contributed by atoms with van der Waals surface area (Å²) in [5.41, 5.74) is 2.85. The highest BCUT2D eigenvalue weighted by Crippen LogP contribution is 2.22. The van der Waals surface area contributed by atoms with Crippen molar-refractivity contribution in [2.75, 3.05) is 23.7 Å². The molecule has 2 aromatic carbocycles. The Morgan fingerprint density at radius 2 is 1.90 bits per heavy atom. The van der Waals surface area contributed by atoms with E-state index in [0.717, 1.165) is 53.9 Å². The number of para-hydroxylation sites is 1. The van der Waals surface area contributed by atoms with Crippen LogP contribution < -0.4 is 10.6 Å². The first kappa shape index (κ1) is 20.3. The number of nitrogens with one attached hydrogen (secondary N) is 2. The molecule has 1 fully saturated rings. The van der Waals surface area contributed by atoms with Crippen LogP contribution in [0.15, 0.2) is 54.9 Å². The van der Waals surface area contributed by atoms with Crippen LogP contribution in [0.3, 0.4) is 0 Å². The highest BCUT2D eigenvalue weighted by atomic mass is 16.1. The number of aromatic nitrogens is 2. The number of rotatable bonds is 6. The summed E-state index contributed by atoms with van der Waals surface area (Å²) in [6.07, 6.45) is 3.42. The smallest absolute Gasteiger partial charge is 0.227 e. The number of nitrogens with zero attached hydrogens (tertiary/aromatic N) is 3. The van der Waals surface area contributed by atoms with E-state index >= 15 is 0 Å². The van der Waals surface area contributed by atoms with Gasteiger partial charge in [0.1, 0.15) is 12.1 Å². The fourth-order valence-corrected chi connectivity index (χ4v) is 4.01. The van der Waals surface area contributed by atoms with E-state index in [-0.39, 0.29) is 11.8 Å². The lowest BCUT2D eigenvalue weighted by Gasteiger charge is -2.33. The third kappa shape index (κ3) is 4.76. The summed E-state index contributed by atoms with van der Waals surface area (Å²) in [6, 6.07) is 16.5. The molecule has 0 atom stereocenters. The van der Waals surface area contributed by atoms with E-state index < -0.39 is 0 Å². The molecule has 0 radical (unpaired) electrons. The van der Waals surface area contributed by atoms with Crippen molar-refractivity contribution in [2.45, 2.75) is 39.3 Å². The van der Waals surface area contributed by atoms with Crippen LogP contribution in [0, 0.1) is 5.92 Å². The number of hydrogen-bond donors (Lipinski definition) is 2. The third-order valence-corrected chi connectivity index (χ3v) is 5.83. The van der Waals surface area contributed by atoms with Gasteiger partial charge in [-0.1, -0.05) is 24.3 Å². The molecule has 0 unspecified atom stereocenters. The summed E-state index contributed by atoms with van der Waals surface area (Å²) < 4.78 is 0. The van der Waals surface area contributed by atoms with Gasteiger partial charge in [-0.2, -0.15) is 0 Å². The SMILES string of the molecule is CC(C)N1CCC(C(=O)Nc2cccc(CNc3ncnc4ccccc34)c2)CC1. The Morgan fingerprint density at radius 1 is 1.10 bits per heavy atom. The van der Waals surface area contributed by atoms with Gasteiger partial charge in [0.05, 0.1) is 5.52 Å². The Balaban J connectivity index is 1.36. The topological polar surface area (TPSA) is 70.2 Å². The van der Waals surface area contributed by atoms with E-state index in [1.54, 1.807) is 6.33 Å². The molecule has 1 saturated heterocycles. The van der Waals surface area contributed by atoms with Crippen LogP contribution in [0.1, 0.15) is 32.3 Å². The molecule has 156 valence electrons. The Morgan fingerprint density at radius 3 is 2.70 bits per heavy atom. The number of likely N-dealkylation sites (tertiary alicyclic amines) is 1. The minimum absolute atomic E-state index is 0.0918. The summed E-state index contributed by atoms with van der Waals surface area (Å²) in [7, 11) is 0. The first-order chi connectivity index (χ1) is 14.6. The second kappa shape index (κ2) is 9.22. The van der Waals surface area contributed by atoms with Crippen molar-refractivity contribution in [3.05, 3.63) is 60.4 Å². The van der Waals surface area contributed by atoms with E-state index in [9.17, 15) is 4.79 Å². The molecule has 0 saturated carbocycles. The molecule has 1 aromatic heterocycles. The molecule has 1 aliphatic rings. The molecule has 0 aliphatic carbocycles. The molecule has 30 heavy (non-hydrogen) atoms. The molecule has 6 nitrogen and oxygen atoms in total. The van der Waals surface area contributed by atoms with Crippen LogP contribution in [-0.2, 0) is 11.3 Å². The van der Waals surface area contributed by atoms with Gasteiger partial charge in [-0.3, -0.25) is 4.79 Å². The second-order valence-corrected chi connectivity index (χ2v) is 8.19. The normalized spacial score (nSPS) is 15.4. The van der Waals surface area contributed by atoms with E-state index in [0.29, 0.717) is 12.6 Å². The molecule has 6 heteroatoms. The van der Waals surface area contributed by atoms with Crippen LogP contribution >= 0.6 is 0 Å². The summed E-state index contributed by atoms with van der Waals surface area (Å²) in [5, 5.41) is 7.50. The average Bonchev–Trinajstić information content (AvgIpc) is 2.78. The third-order valence-electron chi connectivity index (χ3n) is 5.83. The number of carbonyl (C=O) groups excluding carboxylic acids is 1. The molecule has 1 aliphatic heterocycles. The van der Waals surface area contributed by atoms with Crippen LogP contribution in [0.5, 0.6) is 0 Å². The Kier molecular flexibility index (Phi) is 6.23. The van der Waals surface area contributed by atoms with Gasteiger partial charge in [0.2, 0.25) is 5.91 Å². The number of carbonyl (C=O) groups is 1. The number of fused-ring (bicyclic) bond motifs is 1. The highest BCUT2D eigenvalue weighted by molar-refractivity contribution is 5.92. The van der Waals surface area contributed by atoms with Crippen molar-refractivity contribution in [3.8, 4) is 0 Å². The van der Waals surface area contributed by atoms with Gasteiger partial charge < -0.3 is 15.5 Å².